The molecule has 0 unspecified atom stereocenters. The van der Waals surface area contributed by atoms with Crippen LogP contribution in [0, 0.1) is 0 Å². The number of amides is 2. The van der Waals surface area contributed by atoms with Gasteiger partial charge >= 0.3 is 0 Å². The third-order valence-corrected chi connectivity index (χ3v) is 7.85. The number of methoxy groups -OCH3 is 1. The zero-order chi connectivity index (χ0) is 22.7. The maximum atomic E-state index is 13.5. The Morgan fingerprint density at radius 2 is 2.16 bits per heavy atom. The van der Waals surface area contributed by atoms with Crippen LogP contribution in [0.2, 0.25) is 0 Å². The van der Waals surface area contributed by atoms with Crippen molar-refractivity contribution in [3.63, 3.8) is 0 Å². The molecule has 0 radical (unpaired) electrons. The summed E-state index contributed by atoms with van der Waals surface area (Å²) in [7, 11) is -1.58. The van der Waals surface area contributed by atoms with Crippen molar-refractivity contribution >= 4 is 27.4 Å². The Labute approximate surface area is 188 Å². The fourth-order valence-corrected chi connectivity index (χ4v) is 6.10. The lowest BCUT2D eigenvalue weighted by Crippen LogP contribution is -2.46. The quantitative estimate of drug-likeness (QED) is 0.605. The SMILES string of the molecule is COc1cccc(CN(C[C@H]2CCCO2)C(=O)C2=NN([C@@H]3CCS(=O)(=O)C3)C(=O)CC2)c1. The molecule has 3 aliphatic heterocycles. The first-order chi connectivity index (χ1) is 15.3. The Kier molecular flexibility index (Phi) is 6.80. The standard InChI is InChI=1S/C22H29N3O6S/c1-30-18-5-2-4-16(12-18)13-24(14-19-6-3-10-31-19)22(27)20-7-8-21(26)25(23-20)17-9-11-32(28,29)15-17/h2,4-5,12,17,19H,3,6-11,13-15H2,1H3/t17-,19-/m1/s1. The molecule has 0 N–H and O–H groups in total. The van der Waals surface area contributed by atoms with Crippen molar-refractivity contribution in [2.75, 3.05) is 31.8 Å². The van der Waals surface area contributed by atoms with Crippen LogP contribution < -0.4 is 4.74 Å². The first-order valence-corrected chi connectivity index (χ1v) is 12.8. The van der Waals surface area contributed by atoms with Crippen LogP contribution in [-0.4, -0.2) is 79.8 Å². The molecule has 9 nitrogen and oxygen atoms in total. The van der Waals surface area contributed by atoms with Gasteiger partial charge < -0.3 is 14.4 Å². The number of hydrogen-bond acceptors (Lipinski definition) is 7. The Hall–Kier alpha value is -2.46. The Morgan fingerprint density at radius 1 is 1.31 bits per heavy atom. The smallest absolute Gasteiger partial charge is 0.270 e. The molecule has 1 aromatic carbocycles. The van der Waals surface area contributed by atoms with Gasteiger partial charge in [-0.3, -0.25) is 9.59 Å². The number of ether oxygens (including phenoxy) is 2. The highest BCUT2D eigenvalue weighted by molar-refractivity contribution is 7.91. The molecule has 3 aliphatic rings. The largest absolute Gasteiger partial charge is 0.497 e. The van der Waals surface area contributed by atoms with E-state index in [0.29, 0.717) is 31.9 Å². The van der Waals surface area contributed by atoms with Crippen LogP contribution in [0.5, 0.6) is 5.75 Å². The van der Waals surface area contributed by atoms with Gasteiger partial charge in [0.25, 0.3) is 5.91 Å². The summed E-state index contributed by atoms with van der Waals surface area (Å²) in [5.74, 6) is 0.166. The van der Waals surface area contributed by atoms with Gasteiger partial charge in [0.15, 0.2) is 9.84 Å². The number of benzene rings is 1. The van der Waals surface area contributed by atoms with Gasteiger partial charge in [-0.25, -0.2) is 13.4 Å². The molecule has 3 heterocycles. The number of nitrogens with zero attached hydrogens (tertiary/aromatic N) is 3. The molecule has 174 valence electrons. The van der Waals surface area contributed by atoms with Crippen molar-refractivity contribution < 1.29 is 27.5 Å². The second-order valence-corrected chi connectivity index (χ2v) is 10.7. The van der Waals surface area contributed by atoms with Crippen LogP contribution in [0.25, 0.3) is 0 Å². The Morgan fingerprint density at radius 3 is 2.84 bits per heavy atom. The highest BCUT2D eigenvalue weighted by Gasteiger charge is 2.38. The highest BCUT2D eigenvalue weighted by Crippen LogP contribution is 2.24. The maximum Gasteiger partial charge on any atom is 0.270 e. The van der Waals surface area contributed by atoms with Crippen molar-refractivity contribution in [1.82, 2.24) is 9.91 Å². The van der Waals surface area contributed by atoms with E-state index in [2.05, 4.69) is 5.10 Å². The molecule has 4 rings (SSSR count). The molecule has 2 amide bonds. The minimum Gasteiger partial charge on any atom is -0.497 e. The van der Waals surface area contributed by atoms with Crippen LogP contribution in [0.3, 0.4) is 0 Å². The number of hydrazone groups is 1. The average molecular weight is 464 g/mol. The molecule has 0 aromatic heterocycles. The van der Waals surface area contributed by atoms with Crippen molar-refractivity contribution in [2.24, 2.45) is 5.10 Å². The molecule has 0 spiro atoms. The van der Waals surface area contributed by atoms with Gasteiger partial charge in [0.05, 0.1) is 30.8 Å². The Balaban J connectivity index is 1.55. The van der Waals surface area contributed by atoms with Crippen molar-refractivity contribution in [3.05, 3.63) is 29.8 Å². The van der Waals surface area contributed by atoms with Gasteiger partial charge in [0.1, 0.15) is 11.5 Å². The molecular weight excluding hydrogens is 434 g/mol. The van der Waals surface area contributed by atoms with E-state index in [1.54, 1.807) is 12.0 Å². The molecular formula is C22H29N3O6S. The number of sulfone groups is 1. The normalized spacial score (nSPS) is 25.0. The minimum absolute atomic E-state index is 0.0357. The van der Waals surface area contributed by atoms with Crippen LogP contribution in [0.4, 0.5) is 0 Å². The first-order valence-electron chi connectivity index (χ1n) is 11.0. The fourth-order valence-electron chi connectivity index (χ4n) is 4.41. The number of carbonyl (C=O) groups is 2. The third-order valence-electron chi connectivity index (χ3n) is 6.10. The van der Waals surface area contributed by atoms with E-state index >= 15 is 0 Å². The monoisotopic (exact) mass is 463 g/mol. The molecule has 0 bridgehead atoms. The molecule has 10 heteroatoms. The lowest BCUT2D eigenvalue weighted by Gasteiger charge is -2.31. The summed E-state index contributed by atoms with van der Waals surface area (Å²) in [6.45, 7) is 1.48. The number of carbonyl (C=O) groups excluding carboxylic acids is 2. The average Bonchev–Trinajstić information content (AvgIpc) is 3.42. The second-order valence-electron chi connectivity index (χ2n) is 8.51. The minimum atomic E-state index is -3.17. The van der Waals surface area contributed by atoms with E-state index < -0.39 is 15.9 Å². The lowest BCUT2D eigenvalue weighted by atomic mass is 10.1. The van der Waals surface area contributed by atoms with E-state index in [-0.39, 0.29) is 48.0 Å². The van der Waals surface area contributed by atoms with Gasteiger partial charge in [-0.15, -0.1) is 0 Å². The van der Waals surface area contributed by atoms with E-state index in [1.807, 2.05) is 24.3 Å². The Bertz CT molecular complexity index is 1000. The fraction of sp³-hybridized carbons (Fsp3) is 0.591. The summed E-state index contributed by atoms with van der Waals surface area (Å²) in [4.78, 5) is 27.6. The summed E-state index contributed by atoms with van der Waals surface area (Å²) in [6, 6.07) is 7.04. The number of hydrogen-bond donors (Lipinski definition) is 0. The van der Waals surface area contributed by atoms with E-state index in [4.69, 9.17) is 9.47 Å². The molecule has 0 aliphatic carbocycles. The first kappa shape index (κ1) is 22.7. The van der Waals surface area contributed by atoms with Crippen LogP contribution in [0.1, 0.15) is 37.7 Å². The predicted molar refractivity (Wildman–Crippen MR) is 118 cm³/mol. The van der Waals surface area contributed by atoms with Crippen LogP contribution >= 0.6 is 0 Å². The van der Waals surface area contributed by atoms with Gasteiger partial charge in [-0.1, -0.05) is 12.1 Å². The predicted octanol–water partition coefficient (Wildman–Crippen LogP) is 1.37. The molecule has 2 saturated heterocycles. The molecule has 2 fully saturated rings. The van der Waals surface area contributed by atoms with Gasteiger partial charge in [-0.05, 0) is 37.0 Å². The maximum absolute atomic E-state index is 13.5. The summed E-state index contributed by atoms with van der Waals surface area (Å²) in [6.07, 6.45) is 2.56. The zero-order valence-electron chi connectivity index (χ0n) is 18.2. The molecule has 1 aromatic rings. The van der Waals surface area contributed by atoms with Crippen molar-refractivity contribution in [2.45, 2.75) is 50.8 Å². The van der Waals surface area contributed by atoms with E-state index in [1.165, 1.54) is 5.01 Å². The van der Waals surface area contributed by atoms with Crippen molar-refractivity contribution in [3.8, 4) is 5.75 Å². The highest BCUT2D eigenvalue weighted by atomic mass is 32.2. The van der Waals surface area contributed by atoms with Crippen molar-refractivity contribution in [1.29, 1.82) is 0 Å². The van der Waals surface area contributed by atoms with E-state index in [0.717, 1.165) is 18.4 Å². The number of rotatable bonds is 7. The van der Waals surface area contributed by atoms with E-state index in [9.17, 15) is 18.0 Å². The zero-order valence-corrected chi connectivity index (χ0v) is 19.1. The van der Waals surface area contributed by atoms with Crippen LogP contribution in [0.15, 0.2) is 29.4 Å². The van der Waals surface area contributed by atoms with Crippen LogP contribution in [-0.2, 0) is 30.7 Å². The molecule has 32 heavy (non-hydrogen) atoms. The van der Waals surface area contributed by atoms with Gasteiger partial charge in [0.2, 0.25) is 5.91 Å². The topological polar surface area (TPSA) is 106 Å². The lowest BCUT2D eigenvalue weighted by molar-refractivity contribution is -0.134. The molecule has 0 saturated carbocycles. The third kappa shape index (κ3) is 5.29. The molecule has 2 atom stereocenters. The summed E-state index contributed by atoms with van der Waals surface area (Å²) < 4.78 is 34.8. The summed E-state index contributed by atoms with van der Waals surface area (Å²) in [5.41, 5.74) is 1.21. The van der Waals surface area contributed by atoms with Gasteiger partial charge in [0, 0.05) is 32.5 Å². The second kappa shape index (κ2) is 9.58. The summed E-state index contributed by atoms with van der Waals surface area (Å²) in [5, 5.41) is 5.59. The van der Waals surface area contributed by atoms with Gasteiger partial charge in [-0.2, -0.15) is 5.10 Å². The summed E-state index contributed by atoms with van der Waals surface area (Å²) >= 11 is 0.